The Bertz CT molecular complexity index is 663. The van der Waals surface area contributed by atoms with Crippen LogP contribution < -0.4 is 5.32 Å². The van der Waals surface area contributed by atoms with Crippen molar-refractivity contribution in [2.24, 2.45) is 0 Å². The number of carbonyl (C=O) groups is 1. The molecule has 0 bridgehead atoms. The predicted molar refractivity (Wildman–Crippen MR) is 93.5 cm³/mol. The first-order valence-electron chi connectivity index (χ1n) is 8.03. The normalized spacial score (nSPS) is 11.1. The van der Waals surface area contributed by atoms with E-state index in [9.17, 15) is 4.79 Å². The molecule has 0 aliphatic rings. The highest BCUT2D eigenvalue weighted by molar-refractivity contribution is 9.10. The summed E-state index contributed by atoms with van der Waals surface area (Å²) in [6, 6.07) is 2.02. The van der Waals surface area contributed by atoms with Crippen molar-refractivity contribution in [1.82, 2.24) is 14.7 Å². The summed E-state index contributed by atoms with van der Waals surface area (Å²) in [4.78, 5) is 17.2. The zero-order valence-electron chi connectivity index (χ0n) is 13.6. The van der Waals surface area contributed by atoms with Gasteiger partial charge in [-0.2, -0.15) is 0 Å². The molecule has 22 heavy (non-hydrogen) atoms. The van der Waals surface area contributed by atoms with E-state index in [0.717, 1.165) is 47.2 Å². The van der Waals surface area contributed by atoms with Crippen LogP contribution in [-0.2, 0) is 6.42 Å². The number of pyridine rings is 1. The lowest BCUT2D eigenvalue weighted by molar-refractivity contribution is 0.0946. The van der Waals surface area contributed by atoms with E-state index in [4.69, 9.17) is 0 Å². The minimum atomic E-state index is -0.0293. The summed E-state index contributed by atoms with van der Waals surface area (Å²) >= 11 is 3.54. The van der Waals surface area contributed by atoms with Crippen molar-refractivity contribution in [2.45, 2.75) is 52.9 Å². The summed E-state index contributed by atoms with van der Waals surface area (Å²) in [6.07, 6.45) is 7.33. The average molecular weight is 366 g/mol. The molecule has 0 atom stereocenters. The molecule has 0 unspecified atom stereocenters. The zero-order valence-corrected chi connectivity index (χ0v) is 15.2. The second-order valence-electron chi connectivity index (χ2n) is 5.64. The second-order valence-corrected chi connectivity index (χ2v) is 6.49. The second kappa shape index (κ2) is 7.77. The molecule has 0 aromatic carbocycles. The number of aryl methyl sites for hydroxylation is 2. The molecular formula is C17H24BrN3O. The maximum atomic E-state index is 12.6. The van der Waals surface area contributed by atoms with Gasteiger partial charge in [0.1, 0.15) is 5.69 Å². The number of nitrogens with zero attached hydrogens (tertiary/aromatic N) is 2. The highest BCUT2D eigenvalue weighted by Gasteiger charge is 2.19. The van der Waals surface area contributed by atoms with E-state index in [1.807, 2.05) is 30.5 Å². The van der Waals surface area contributed by atoms with E-state index in [1.165, 1.54) is 12.8 Å². The van der Waals surface area contributed by atoms with Crippen LogP contribution in [0.15, 0.2) is 16.7 Å². The van der Waals surface area contributed by atoms with Crippen LogP contribution in [-0.4, -0.2) is 21.8 Å². The van der Waals surface area contributed by atoms with E-state index in [0.29, 0.717) is 5.69 Å². The number of halogens is 1. The fraction of sp³-hybridized carbons (Fsp3) is 0.529. The summed E-state index contributed by atoms with van der Waals surface area (Å²) in [6.45, 7) is 6.95. The lowest BCUT2D eigenvalue weighted by atomic mass is 10.2. The van der Waals surface area contributed by atoms with E-state index in [2.05, 4.69) is 33.2 Å². The third-order valence-electron chi connectivity index (χ3n) is 3.75. The topological polar surface area (TPSA) is 46.4 Å². The SMILES string of the molecule is CCCCCCNC(=O)c1c(CC)nc2c(Br)cc(C)cn12. The summed E-state index contributed by atoms with van der Waals surface area (Å²) in [5, 5.41) is 3.03. The highest BCUT2D eigenvalue weighted by Crippen LogP contribution is 2.23. The minimum absolute atomic E-state index is 0.0293. The van der Waals surface area contributed by atoms with Crippen LogP contribution in [0.2, 0.25) is 0 Å². The third kappa shape index (κ3) is 3.69. The van der Waals surface area contributed by atoms with E-state index >= 15 is 0 Å². The van der Waals surface area contributed by atoms with Gasteiger partial charge in [0.05, 0.1) is 10.2 Å². The van der Waals surface area contributed by atoms with Crippen LogP contribution in [0.5, 0.6) is 0 Å². The van der Waals surface area contributed by atoms with Gasteiger partial charge in [0.15, 0.2) is 5.65 Å². The van der Waals surface area contributed by atoms with Gasteiger partial charge in [0.25, 0.3) is 5.91 Å². The first-order valence-corrected chi connectivity index (χ1v) is 8.83. The number of unbranched alkanes of at least 4 members (excludes halogenated alkanes) is 3. The Morgan fingerprint density at radius 1 is 1.32 bits per heavy atom. The molecule has 0 aliphatic heterocycles. The predicted octanol–water partition coefficient (Wildman–Crippen LogP) is 4.28. The molecule has 1 N–H and O–H groups in total. The Labute approximate surface area is 140 Å². The first kappa shape index (κ1) is 17.0. The van der Waals surface area contributed by atoms with Gasteiger partial charge in [-0.25, -0.2) is 4.98 Å². The summed E-state index contributed by atoms with van der Waals surface area (Å²) in [5.41, 5.74) is 3.41. The number of rotatable bonds is 7. The molecule has 0 aliphatic carbocycles. The molecule has 1 amide bonds. The summed E-state index contributed by atoms with van der Waals surface area (Å²) < 4.78 is 2.82. The molecule has 5 heteroatoms. The third-order valence-corrected chi connectivity index (χ3v) is 4.33. The monoisotopic (exact) mass is 365 g/mol. The largest absolute Gasteiger partial charge is 0.351 e. The van der Waals surface area contributed by atoms with Crippen LogP contribution in [0.1, 0.15) is 61.3 Å². The zero-order chi connectivity index (χ0) is 16.1. The van der Waals surface area contributed by atoms with Gasteiger partial charge in [-0.1, -0.05) is 33.1 Å². The highest BCUT2D eigenvalue weighted by atomic mass is 79.9. The quantitative estimate of drug-likeness (QED) is 0.744. The molecule has 120 valence electrons. The number of nitrogens with one attached hydrogen (secondary N) is 1. The molecule has 0 spiro atoms. The van der Waals surface area contributed by atoms with Crippen LogP contribution >= 0.6 is 15.9 Å². The van der Waals surface area contributed by atoms with Gasteiger partial charge in [0.2, 0.25) is 0 Å². The molecular weight excluding hydrogens is 342 g/mol. The van der Waals surface area contributed by atoms with Gasteiger partial charge in [-0.05, 0) is 47.3 Å². The molecule has 0 saturated heterocycles. The van der Waals surface area contributed by atoms with Crippen molar-refractivity contribution in [2.75, 3.05) is 6.54 Å². The number of carbonyl (C=O) groups excluding carboxylic acids is 1. The van der Waals surface area contributed by atoms with Crippen molar-refractivity contribution < 1.29 is 4.79 Å². The maximum absolute atomic E-state index is 12.6. The Morgan fingerprint density at radius 2 is 2.09 bits per heavy atom. The number of imidazole rings is 1. The van der Waals surface area contributed by atoms with Crippen LogP contribution in [0.4, 0.5) is 0 Å². The van der Waals surface area contributed by atoms with Crippen molar-refractivity contribution in [3.8, 4) is 0 Å². The number of hydrogen-bond acceptors (Lipinski definition) is 2. The average Bonchev–Trinajstić information content (AvgIpc) is 2.85. The molecule has 2 aromatic rings. The lowest BCUT2D eigenvalue weighted by Gasteiger charge is -2.07. The Balaban J connectivity index is 2.23. The Kier molecular flexibility index (Phi) is 6.00. The van der Waals surface area contributed by atoms with Gasteiger partial charge < -0.3 is 5.32 Å². The molecule has 2 rings (SSSR count). The minimum Gasteiger partial charge on any atom is -0.351 e. The molecule has 0 fully saturated rings. The van der Waals surface area contributed by atoms with E-state index < -0.39 is 0 Å². The number of hydrogen-bond donors (Lipinski definition) is 1. The molecule has 4 nitrogen and oxygen atoms in total. The number of aromatic nitrogens is 2. The fourth-order valence-electron chi connectivity index (χ4n) is 2.60. The Morgan fingerprint density at radius 3 is 2.77 bits per heavy atom. The molecule has 2 aromatic heterocycles. The van der Waals surface area contributed by atoms with Gasteiger partial charge in [-0.15, -0.1) is 0 Å². The fourth-order valence-corrected chi connectivity index (χ4v) is 3.24. The van der Waals surface area contributed by atoms with Crippen molar-refractivity contribution in [3.63, 3.8) is 0 Å². The number of fused-ring (bicyclic) bond motifs is 1. The van der Waals surface area contributed by atoms with Crippen molar-refractivity contribution >= 4 is 27.5 Å². The van der Waals surface area contributed by atoms with Crippen LogP contribution in [0, 0.1) is 6.92 Å². The molecule has 0 radical (unpaired) electrons. The van der Waals surface area contributed by atoms with Gasteiger partial charge in [0, 0.05) is 12.7 Å². The Hall–Kier alpha value is -1.36. The van der Waals surface area contributed by atoms with Crippen LogP contribution in [0.25, 0.3) is 5.65 Å². The summed E-state index contributed by atoms with van der Waals surface area (Å²) in [5.74, 6) is -0.0293. The maximum Gasteiger partial charge on any atom is 0.270 e. The molecule has 0 saturated carbocycles. The first-order chi connectivity index (χ1) is 10.6. The van der Waals surface area contributed by atoms with E-state index in [-0.39, 0.29) is 5.91 Å². The smallest absolute Gasteiger partial charge is 0.270 e. The molecule has 2 heterocycles. The number of amides is 1. The van der Waals surface area contributed by atoms with Gasteiger partial charge in [-0.3, -0.25) is 9.20 Å². The van der Waals surface area contributed by atoms with Crippen LogP contribution in [0.3, 0.4) is 0 Å². The van der Waals surface area contributed by atoms with E-state index in [1.54, 1.807) is 0 Å². The van der Waals surface area contributed by atoms with Crippen molar-refractivity contribution in [3.05, 3.63) is 33.7 Å². The summed E-state index contributed by atoms with van der Waals surface area (Å²) in [7, 11) is 0. The standard InChI is InChI=1S/C17H24BrN3O/c1-4-6-7-8-9-19-17(22)15-14(5-2)20-16-13(18)10-12(3)11-21(15)16/h10-11H,4-9H2,1-3H3,(H,19,22). The van der Waals surface area contributed by atoms with Gasteiger partial charge >= 0.3 is 0 Å². The van der Waals surface area contributed by atoms with Crippen molar-refractivity contribution in [1.29, 1.82) is 0 Å². The lowest BCUT2D eigenvalue weighted by Crippen LogP contribution is -2.26.